The smallest absolute Gasteiger partial charge is 0.319 e. The highest BCUT2D eigenvalue weighted by atomic mass is 16.5. The summed E-state index contributed by atoms with van der Waals surface area (Å²) in [5.41, 5.74) is 0.650. The number of nitrogens with one attached hydrogen (secondary N) is 2. The number of ether oxygens (including phenoxy) is 3. The van der Waals surface area contributed by atoms with Gasteiger partial charge in [0.15, 0.2) is 11.5 Å². The summed E-state index contributed by atoms with van der Waals surface area (Å²) in [6.07, 6.45) is 2.04. The number of amides is 2. The fourth-order valence-corrected chi connectivity index (χ4v) is 2.15. The van der Waals surface area contributed by atoms with E-state index in [9.17, 15) is 4.79 Å². The fourth-order valence-electron chi connectivity index (χ4n) is 2.15. The van der Waals surface area contributed by atoms with Crippen molar-refractivity contribution in [2.45, 2.75) is 39.7 Å². The largest absolute Gasteiger partial charge is 0.493 e. The summed E-state index contributed by atoms with van der Waals surface area (Å²) in [5, 5.41) is 5.77. The summed E-state index contributed by atoms with van der Waals surface area (Å²) in [6, 6.07) is 5.19. The molecule has 0 spiro atoms. The lowest BCUT2D eigenvalue weighted by molar-refractivity contribution is 0.144. The molecule has 0 aliphatic rings. The first-order valence-corrected chi connectivity index (χ1v) is 8.33. The number of rotatable bonds is 10. The van der Waals surface area contributed by atoms with E-state index in [0.29, 0.717) is 36.3 Å². The molecule has 1 aromatic carbocycles. The van der Waals surface area contributed by atoms with Crippen molar-refractivity contribution in [3.8, 4) is 11.5 Å². The fraction of sp³-hybridized carbons (Fsp3) is 0.611. The molecule has 0 radical (unpaired) electrons. The SMILES string of the molecule is COCCOc1cc(NC(=O)N[C@H](C)CCC(C)C)ccc1OC. The molecule has 0 saturated carbocycles. The lowest BCUT2D eigenvalue weighted by Crippen LogP contribution is -2.36. The molecule has 0 aliphatic carbocycles. The summed E-state index contributed by atoms with van der Waals surface area (Å²) >= 11 is 0. The van der Waals surface area contributed by atoms with E-state index in [1.807, 2.05) is 6.92 Å². The molecule has 6 heteroatoms. The predicted molar refractivity (Wildman–Crippen MR) is 96.1 cm³/mol. The van der Waals surface area contributed by atoms with E-state index in [2.05, 4.69) is 24.5 Å². The van der Waals surface area contributed by atoms with E-state index < -0.39 is 0 Å². The zero-order valence-electron chi connectivity index (χ0n) is 15.3. The van der Waals surface area contributed by atoms with Crippen molar-refractivity contribution in [1.82, 2.24) is 5.32 Å². The Hall–Kier alpha value is -1.95. The van der Waals surface area contributed by atoms with E-state index in [0.717, 1.165) is 12.8 Å². The van der Waals surface area contributed by atoms with Gasteiger partial charge in [-0.05, 0) is 37.8 Å². The molecule has 0 aliphatic heterocycles. The third-order valence-corrected chi connectivity index (χ3v) is 3.52. The van der Waals surface area contributed by atoms with Crippen LogP contribution in [0.4, 0.5) is 10.5 Å². The van der Waals surface area contributed by atoms with Crippen LogP contribution in [0.2, 0.25) is 0 Å². The van der Waals surface area contributed by atoms with Crippen LogP contribution in [0, 0.1) is 5.92 Å². The van der Waals surface area contributed by atoms with E-state index in [4.69, 9.17) is 14.2 Å². The van der Waals surface area contributed by atoms with Crippen molar-refractivity contribution in [3.63, 3.8) is 0 Å². The molecule has 136 valence electrons. The molecule has 1 rings (SSSR count). The topological polar surface area (TPSA) is 68.8 Å². The van der Waals surface area contributed by atoms with Crippen molar-refractivity contribution >= 4 is 11.7 Å². The third-order valence-electron chi connectivity index (χ3n) is 3.52. The van der Waals surface area contributed by atoms with E-state index in [-0.39, 0.29) is 12.1 Å². The number of hydrogen-bond acceptors (Lipinski definition) is 4. The number of benzene rings is 1. The number of anilines is 1. The minimum absolute atomic E-state index is 0.128. The van der Waals surface area contributed by atoms with Crippen LogP contribution in [0.5, 0.6) is 11.5 Å². The average molecular weight is 338 g/mol. The average Bonchev–Trinajstić information content (AvgIpc) is 2.53. The van der Waals surface area contributed by atoms with Crippen LogP contribution in [-0.4, -0.2) is 39.5 Å². The van der Waals surface area contributed by atoms with Gasteiger partial charge in [0.25, 0.3) is 0 Å². The van der Waals surface area contributed by atoms with Crippen LogP contribution < -0.4 is 20.1 Å². The molecule has 0 saturated heterocycles. The third kappa shape index (κ3) is 7.55. The van der Waals surface area contributed by atoms with E-state index in [1.165, 1.54) is 0 Å². The molecule has 0 bridgehead atoms. The standard InChI is InChI=1S/C18H30N2O4/c1-13(2)6-7-14(3)19-18(21)20-15-8-9-16(23-5)17(12-15)24-11-10-22-4/h8-9,12-14H,6-7,10-11H2,1-5H3,(H2,19,20,21)/t14-/m1/s1. The summed E-state index contributed by atoms with van der Waals surface area (Å²) < 4.78 is 15.8. The molecule has 0 unspecified atom stereocenters. The van der Waals surface area contributed by atoms with Crippen LogP contribution in [0.15, 0.2) is 18.2 Å². The normalized spacial score (nSPS) is 11.9. The number of carbonyl (C=O) groups is 1. The van der Waals surface area contributed by atoms with Crippen molar-refractivity contribution in [2.75, 3.05) is 32.8 Å². The molecular weight excluding hydrogens is 308 g/mol. The molecule has 2 amide bonds. The second-order valence-corrected chi connectivity index (χ2v) is 6.18. The van der Waals surface area contributed by atoms with Gasteiger partial charge in [-0.3, -0.25) is 0 Å². The Morgan fingerprint density at radius 1 is 1.08 bits per heavy atom. The summed E-state index contributed by atoms with van der Waals surface area (Å²) in [7, 11) is 3.19. The van der Waals surface area contributed by atoms with Gasteiger partial charge in [0.1, 0.15) is 6.61 Å². The molecule has 0 aromatic heterocycles. The van der Waals surface area contributed by atoms with Gasteiger partial charge in [0, 0.05) is 24.9 Å². The molecule has 2 N–H and O–H groups in total. The van der Waals surface area contributed by atoms with Gasteiger partial charge in [-0.2, -0.15) is 0 Å². The van der Waals surface area contributed by atoms with Crippen molar-refractivity contribution in [2.24, 2.45) is 5.92 Å². The Morgan fingerprint density at radius 3 is 2.46 bits per heavy atom. The van der Waals surface area contributed by atoms with Gasteiger partial charge >= 0.3 is 6.03 Å². The monoisotopic (exact) mass is 338 g/mol. The van der Waals surface area contributed by atoms with E-state index >= 15 is 0 Å². The first-order chi connectivity index (χ1) is 11.5. The van der Waals surface area contributed by atoms with Crippen LogP contribution in [0.3, 0.4) is 0 Å². The maximum absolute atomic E-state index is 12.1. The van der Waals surface area contributed by atoms with Crippen molar-refractivity contribution in [3.05, 3.63) is 18.2 Å². The second kappa shape index (κ2) is 10.8. The van der Waals surface area contributed by atoms with Crippen LogP contribution in [0.25, 0.3) is 0 Å². The minimum atomic E-state index is -0.223. The minimum Gasteiger partial charge on any atom is -0.493 e. The van der Waals surface area contributed by atoms with Crippen molar-refractivity contribution in [1.29, 1.82) is 0 Å². The van der Waals surface area contributed by atoms with Gasteiger partial charge < -0.3 is 24.8 Å². The van der Waals surface area contributed by atoms with Gasteiger partial charge in [0.05, 0.1) is 13.7 Å². The molecule has 0 heterocycles. The van der Waals surface area contributed by atoms with E-state index in [1.54, 1.807) is 32.4 Å². The second-order valence-electron chi connectivity index (χ2n) is 6.18. The zero-order chi connectivity index (χ0) is 17.9. The van der Waals surface area contributed by atoms with Gasteiger partial charge in [-0.15, -0.1) is 0 Å². The first-order valence-electron chi connectivity index (χ1n) is 8.33. The lowest BCUT2D eigenvalue weighted by Gasteiger charge is -2.16. The van der Waals surface area contributed by atoms with Gasteiger partial charge in [-0.25, -0.2) is 4.79 Å². The molecule has 6 nitrogen and oxygen atoms in total. The van der Waals surface area contributed by atoms with Crippen LogP contribution >= 0.6 is 0 Å². The molecule has 0 fully saturated rings. The highest BCUT2D eigenvalue weighted by Crippen LogP contribution is 2.30. The number of hydrogen-bond donors (Lipinski definition) is 2. The van der Waals surface area contributed by atoms with Crippen molar-refractivity contribution < 1.29 is 19.0 Å². The maximum Gasteiger partial charge on any atom is 0.319 e. The first kappa shape index (κ1) is 20.1. The van der Waals surface area contributed by atoms with Crippen LogP contribution in [-0.2, 0) is 4.74 Å². The Labute approximate surface area is 144 Å². The Kier molecular flexibility index (Phi) is 9.01. The van der Waals surface area contributed by atoms with Gasteiger partial charge in [-0.1, -0.05) is 13.8 Å². The van der Waals surface area contributed by atoms with Gasteiger partial charge in [0.2, 0.25) is 0 Å². The molecule has 1 aromatic rings. The number of carbonyl (C=O) groups excluding carboxylic acids is 1. The Morgan fingerprint density at radius 2 is 1.83 bits per heavy atom. The Bertz CT molecular complexity index is 506. The number of urea groups is 1. The molecule has 24 heavy (non-hydrogen) atoms. The highest BCUT2D eigenvalue weighted by molar-refractivity contribution is 5.89. The predicted octanol–water partition coefficient (Wildman–Crippen LogP) is 3.67. The summed E-state index contributed by atoms with van der Waals surface area (Å²) in [4.78, 5) is 12.1. The summed E-state index contributed by atoms with van der Waals surface area (Å²) in [6.45, 7) is 7.25. The summed E-state index contributed by atoms with van der Waals surface area (Å²) in [5.74, 6) is 1.81. The Balaban J connectivity index is 2.59. The molecule has 1 atom stereocenters. The number of methoxy groups -OCH3 is 2. The highest BCUT2D eigenvalue weighted by Gasteiger charge is 2.11. The maximum atomic E-state index is 12.1. The van der Waals surface area contributed by atoms with Crippen LogP contribution in [0.1, 0.15) is 33.6 Å². The molecular formula is C18H30N2O4. The lowest BCUT2D eigenvalue weighted by atomic mass is 10.0. The quantitative estimate of drug-likeness (QED) is 0.639. The zero-order valence-corrected chi connectivity index (χ0v) is 15.3.